The first-order valence-electron chi connectivity index (χ1n) is 10.4. The van der Waals surface area contributed by atoms with E-state index in [2.05, 4.69) is 33.4 Å². The van der Waals surface area contributed by atoms with Gasteiger partial charge in [0, 0.05) is 5.92 Å². The van der Waals surface area contributed by atoms with Crippen molar-refractivity contribution < 1.29 is 9.90 Å². The number of aromatic nitrogens is 1. The molecule has 3 atom stereocenters. The Morgan fingerprint density at radius 3 is 2.63 bits per heavy atom. The van der Waals surface area contributed by atoms with Gasteiger partial charge < -0.3 is 5.11 Å². The van der Waals surface area contributed by atoms with Crippen molar-refractivity contribution >= 4 is 22.9 Å². The SMILES string of the molecule is C=C(C)[C@@H]1CC=C2c3sc(C4CCC(C(=O)O)CC4)nc3C[C@@H](C)[C@]2(C)C1. The number of thiazole rings is 1. The van der Waals surface area contributed by atoms with Gasteiger partial charge in [-0.25, -0.2) is 4.98 Å². The van der Waals surface area contributed by atoms with E-state index in [1.807, 2.05) is 11.3 Å². The number of aliphatic carboxylic acids is 1. The zero-order valence-corrected chi connectivity index (χ0v) is 17.6. The molecule has 3 aliphatic rings. The average Bonchev–Trinajstić information content (AvgIpc) is 3.05. The van der Waals surface area contributed by atoms with Crippen LogP contribution in [0, 0.1) is 23.2 Å². The first kappa shape index (κ1) is 18.9. The van der Waals surface area contributed by atoms with E-state index in [4.69, 9.17) is 4.98 Å². The fourth-order valence-corrected chi connectivity index (χ4v) is 6.83. The summed E-state index contributed by atoms with van der Waals surface area (Å²) < 4.78 is 0. The summed E-state index contributed by atoms with van der Waals surface area (Å²) in [7, 11) is 0. The van der Waals surface area contributed by atoms with Crippen molar-refractivity contribution in [2.75, 3.05) is 0 Å². The lowest BCUT2D eigenvalue weighted by Crippen LogP contribution is -2.36. The summed E-state index contributed by atoms with van der Waals surface area (Å²) in [5.74, 6) is 0.859. The van der Waals surface area contributed by atoms with Crippen LogP contribution < -0.4 is 0 Å². The van der Waals surface area contributed by atoms with E-state index in [1.54, 1.807) is 0 Å². The second-order valence-electron chi connectivity index (χ2n) is 9.34. The van der Waals surface area contributed by atoms with Crippen LogP contribution >= 0.6 is 11.3 Å². The highest BCUT2D eigenvalue weighted by molar-refractivity contribution is 7.13. The highest BCUT2D eigenvalue weighted by Crippen LogP contribution is 2.57. The molecule has 1 saturated carbocycles. The number of hydrogen-bond acceptors (Lipinski definition) is 3. The summed E-state index contributed by atoms with van der Waals surface area (Å²) in [6, 6.07) is 0. The van der Waals surface area contributed by atoms with Crippen molar-refractivity contribution in [2.24, 2.45) is 23.2 Å². The number of carbonyl (C=O) groups is 1. The van der Waals surface area contributed by atoms with Crippen LogP contribution in [-0.2, 0) is 11.2 Å². The molecule has 1 aromatic heterocycles. The molecule has 0 amide bonds. The Kier molecular flexibility index (Phi) is 4.82. The number of allylic oxidation sites excluding steroid dienone is 3. The van der Waals surface area contributed by atoms with Gasteiger partial charge in [-0.15, -0.1) is 11.3 Å². The van der Waals surface area contributed by atoms with Gasteiger partial charge in [0.05, 0.1) is 21.5 Å². The van der Waals surface area contributed by atoms with Gasteiger partial charge in [-0.3, -0.25) is 4.79 Å². The predicted octanol–water partition coefficient (Wildman–Crippen LogP) is 6.07. The third kappa shape index (κ3) is 3.20. The van der Waals surface area contributed by atoms with Crippen molar-refractivity contribution in [1.29, 1.82) is 0 Å². The quantitative estimate of drug-likeness (QED) is 0.642. The molecule has 1 N–H and O–H groups in total. The van der Waals surface area contributed by atoms with Gasteiger partial charge in [0.15, 0.2) is 0 Å². The summed E-state index contributed by atoms with van der Waals surface area (Å²) in [6.07, 6.45) is 9.35. The zero-order valence-electron chi connectivity index (χ0n) is 16.8. The maximum atomic E-state index is 11.2. The average molecular weight is 386 g/mol. The third-order valence-corrected chi connectivity index (χ3v) is 8.85. The van der Waals surface area contributed by atoms with E-state index in [0.29, 0.717) is 17.8 Å². The fraction of sp³-hybridized carbons (Fsp3) is 0.652. The molecule has 3 aliphatic carbocycles. The van der Waals surface area contributed by atoms with Crippen molar-refractivity contribution in [3.8, 4) is 0 Å². The van der Waals surface area contributed by atoms with Gasteiger partial charge in [-0.1, -0.05) is 32.1 Å². The van der Waals surface area contributed by atoms with Crippen LogP contribution in [0.25, 0.3) is 5.57 Å². The molecule has 4 rings (SSSR count). The van der Waals surface area contributed by atoms with Gasteiger partial charge in [-0.05, 0) is 74.7 Å². The molecule has 0 saturated heterocycles. The minimum absolute atomic E-state index is 0.153. The smallest absolute Gasteiger partial charge is 0.306 e. The monoisotopic (exact) mass is 385 g/mol. The number of hydrogen-bond donors (Lipinski definition) is 1. The molecule has 146 valence electrons. The number of nitrogens with zero attached hydrogens (tertiary/aromatic N) is 1. The molecule has 27 heavy (non-hydrogen) atoms. The van der Waals surface area contributed by atoms with E-state index in [9.17, 15) is 9.90 Å². The van der Waals surface area contributed by atoms with E-state index in [0.717, 1.165) is 38.5 Å². The van der Waals surface area contributed by atoms with Crippen LogP contribution in [0.4, 0.5) is 0 Å². The molecular weight excluding hydrogens is 354 g/mol. The number of rotatable bonds is 3. The van der Waals surface area contributed by atoms with E-state index >= 15 is 0 Å². The largest absolute Gasteiger partial charge is 0.481 e. The van der Waals surface area contributed by atoms with Gasteiger partial charge in [-0.2, -0.15) is 0 Å². The first-order chi connectivity index (χ1) is 12.8. The standard InChI is InChI=1S/C23H31NO2S/c1-13(2)17-9-10-18-20-19(11-14(3)23(18,4)12-17)24-21(27-20)15-5-7-16(8-6-15)22(25)26/h10,14-17H,1,5-9,11-12H2,2-4H3,(H,25,26)/t14-,15?,16?,17-,23+/m1/s1. The molecule has 1 aromatic rings. The van der Waals surface area contributed by atoms with Crippen LogP contribution in [0.15, 0.2) is 18.2 Å². The van der Waals surface area contributed by atoms with Crippen LogP contribution in [0.2, 0.25) is 0 Å². The van der Waals surface area contributed by atoms with Gasteiger partial charge >= 0.3 is 5.97 Å². The van der Waals surface area contributed by atoms with Gasteiger partial charge in [0.1, 0.15) is 0 Å². The number of carboxylic acids is 1. The minimum Gasteiger partial charge on any atom is -0.481 e. The molecular formula is C23H31NO2S. The molecule has 0 radical (unpaired) electrons. The number of fused-ring (bicyclic) bond motifs is 3. The van der Waals surface area contributed by atoms with Crippen molar-refractivity contribution in [3.05, 3.63) is 33.8 Å². The molecule has 1 fully saturated rings. The van der Waals surface area contributed by atoms with Crippen LogP contribution in [0.3, 0.4) is 0 Å². The van der Waals surface area contributed by atoms with Crippen LogP contribution in [0.1, 0.15) is 80.8 Å². The maximum Gasteiger partial charge on any atom is 0.306 e. The lowest BCUT2D eigenvalue weighted by Gasteiger charge is -2.46. The third-order valence-electron chi connectivity index (χ3n) is 7.56. The Morgan fingerprint density at radius 1 is 1.30 bits per heavy atom. The van der Waals surface area contributed by atoms with Crippen molar-refractivity contribution in [1.82, 2.24) is 4.98 Å². The highest BCUT2D eigenvalue weighted by Gasteiger charge is 2.45. The lowest BCUT2D eigenvalue weighted by atomic mass is 9.59. The summed E-state index contributed by atoms with van der Waals surface area (Å²) >= 11 is 1.90. The molecule has 0 spiro atoms. The van der Waals surface area contributed by atoms with E-state index < -0.39 is 5.97 Å². The molecule has 4 heteroatoms. The molecule has 1 heterocycles. The topological polar surface area (TPSA) is 50.2 Å². The Morgan fingerprint density at radius 2 is 2.00 bits per heavy atom. The lowest BCUT2D eigenvalue weighted by molar-refractivity contribution is -0.142. The summed E-state index contributed by atoms with van der Waals surface area (Å²) in [4.78, 5) is 17.7. The number of carboxylic acid groups (broad SMARTS) is 1. The summed E-state index contributed by atoms with van der Waals surface area (Å²) in [5.41, 5.74) is 4.35. The summed E-state index contributed by atoms with van der Waals surface area (Å²) in [6.45, 7) is 11.2. The summed E-state index contributed by atoms with van der Waals surface area (Å²) in [5, 5.41) is 10.5. The van der Waals surface area contributed by atoms with E-state index in [-0.39, 0.29) is 11.3 Å². The second-order valence-corrected chi connectivity index (χ2v) is 10.4. The van der Waals surface area contributed by atoms with E-state index in [1.165, 1.54) is 33.1 Å². The first-order valence-corrected chi connectivity index (χ1v) is 11.2. The van der Waals surface area contributed by atoms with Crippen molar-refractivity contribution in [3.63, 3.8) is 0 Å². The fourth-order valence-electron chi connectivity index (χ4n) is 5.39. The Labute approximate surface area is 166 Å². The molecule has 0 aliphatic heterocycles. The Bertz CT molecular complexity index is 799. The van der Waals surface area contributed by atoms with Crippen LogP contribution in [-0.4, -0.2) is 16.1 Å². The molecule has 0 bridgehead atoms. The second kappa shape index (κ2) is 6.88. The van der Waals surface area contributed by atoms with Gasteiger partial charge in [0.2, 0.25) is 0 Å². The minimum atomic E-state index is -0.629. The van der Waals surface area contributed by atoms with Crippen molar-refractivity contribution in [2.45, 2.75) is 71.6 Å². The predicted molar refractivity (Wildman–Crippen MR) is 111 cm³/mol. The molecule has 0 aromatic carbocycles. The Balaban J connectivity index is 1.61. The normalized spacial score (nSPS) is 35.7. The molecule has 0 unspecified atom stereocenters. The van der Waals surface area contributed by atoms with Gasteiger partial charge in [0.25, 0.3) is 0 Å². The Hall–Kier alpha value is -1.42. The highest BCUT2D eigenvalue weighted by atomic mass is 32.1. The molecule has 3 nitrogen and oxygen atoms in total. The van der Waals surface area contributed by atoms with Crippen LogP contribution in [0.5, 0.6) is 0 Å². The zero-order chi connectivity index (χ0) is 19.3. The maximum absolute atomic E-state index is 11.2.